The van der Waals surface area contributed by atoms with Gasteiger partial charge in [0.25, 0.3) is 0 Å². The van der Waals surface area contributed by atoms with Gasteiger partial charge >= 0.3 is 0 Å². The predicted molar refractivity (Wildman–Crippen MR) is 84.1 cm³/mol. The smallest absolute Gasteiger partial charge is 0.248 e. The molecule has 0 bridgehead atoms. The van der Waals surface area contributed by atoms with Crippen molar-refractivity contribution in [3.8, 4) is 11.4 Å². The molecular weight excluding hydrogens is 300 g/mol. The molecule has 124 valence electrons. The van der Waals surface area contributed by atoms with Crippen molar-refractivity contribution in [1.29, 1.82) is 0 Å². The minimum atomic E-state index is -2.62. The van der Waals surface area contributed by atoms with E-state index in [2.05, 4.69) is 5.10 Å². The highest BCUT2D eigenvalue weighted by Gasteiger charge is 2.40. The molecule has 0 aliphatic heterocycles. The van der Waals surface area contributed by atoms with Crippen molar-refractivity contribution < 1.29 is 13.5 Å². The summed E-state index contributed by atoms with van der Waals surface area (Å²) in [5.41, 5.74) is 7.95. The van der Waals surface area contributed by atoms with E-state index in [0.717, 1.165) is 11.3 Å². The van der Waals surface area contributed by atoms with E-state index in [9.17, 15) is 8.78 Å². The van der Waals surface area contributed by atoms with E-state index >= 15 is 0 Å². The van der Waals surface area contributed by atoms with Gasteiger partial charge in [-0.3, -0.25) is 0 Å². The largest absolute Gasteiger partial charge is 0.493 e. The maximum Gasteiger partial charge on any atom is 0.248 e. The monoisotopic (exact) mass is 321 g/mol. The van der Waals surface area contributed by atoms with Crippen molar-refractivity contribution in [1.82, 2.24) is 9.78 Å². The fourth-order valence-electron chi connectivity index (χ4n) is 2.89. The quantitative estimate of drug-likeness (QED) is 0.940. The molecule has 2 unspecified atom stereocenters. The Labute approximate surface area is 134 Å². The third kappa shape index (κ3) is 3.88. The fourth-order valence-corrected chi connectivity index (χ4v) is 2.89. The summed E-state index contributed by atoms with van der Waals surface area (Å²) in [7, 11) is 0. The molecule has 3 rings (SSSR count). The van der Waals surface area contributed by atoms with Crippen LogP contribution in [0.1, 0.15) is 24.8 Å². The molecule has 1 aliphatic carbocycles. The first-order chi connectivity index (χ1) is 10.9. The highest BCUT2D eigenvalue weighted by atomic mass is 19.3. The van der Waals surface area contributed by atoms with Crippen LogP contribution in [0.2, 0.25) is 0 Å². The summed E-state index contributed by atoms with van der Waals surface area (Å²) in [4.78, 5) is 0. The standard InChI is InChI=1S/C17H21F2N3O/c1-12-9-21-22(10-12)14-2-4-15(5-3-14)23-11-13-8-17(18,19)7-6-16(13)20/h2-5,9-10,13,16H,6-8,11,20H2,1H3. The summed E-state index contributed by atoms with van der Waals surface area (Å²) in [6.45, 7) is 2.20. The second-order valence-electron chi connectivity index (χ2n) is 6.29. The summed E-state index contributed by atoms with van der Waals surface area (Å²) in [6.07, 6.45) is 3.74. The molecule has 0 spiro atoms. The zero-order valence-corrected chi connectivity index (χ0v) is 13.1. The number of hydrogen-bond acceptors (Lipinski definition) is 3. The van der Waals surface area contributed by atoms with Gasteiger partial charge in [-0.2, -0.15) is 5.10 Å². The van der Waals surface area contributed by atoms with Crippen LogP contribution in [-0.2, 0) is 0 Å². The Kier molecular flexibility index (Phi) is 4.35. The molecule has 0 saturated heterocycles. The summed E-state index contributed by atoms with van der Waals surface area (Å²) in [6, 6.07) is 7.19. The predicted octanol–water partition coefficient (Wildman–Crippen LogP) is 3.32. The van der Waals surface area contributed by atoms with Gasteiger partial charge in [-0.25, -0.2) is 13.5 Å². The second-order valence-corrected chi connectivity index (χ2v) is 6.29. The van der Waals surface area contributed by atoms with E-state index in [1.54, 1.807) is 10.9 Å². The fraction of sp³-hybridized carbons (Fsp3) is 0.471. The zero-order chi connectivity index (χ0) is 16.4. The van der Waals surface area contributed by atoms with E-state index in [1.807, 2.05) is 37.4 Å². The molecule has 2 N–H and O–H groups in total. The van der Waals surface area contributed by atoms with Crippen molar-refractivity contribution in [2.45, 2.75) is 38.2 Å². The summed E-state index contributed by atoms with van der Waals surface area (Å²) < 4.78 is 34.4. The third-order valence-electron chi connectivity index (χ3n) is 4.29. The Balaban J connectivity index is 1.60. The number of hydrogen-bond donors (Lipinski definition) is 1. The van der Waals surface area contributed by atoms with Crippen LogP contribution in [0.25, 0.3) is 5.69 Å². The number of alkyl halides is 2. The lowest BCUT2D eigenvalue weighted by Crippen LogP contribution is -2.43. The number of ether oxygens (including phenoxy) is 1. The average molecular weight is 321 g/mol. The maximum atomic E-state index is 13.5. The van der Waals surface area contributed by atoms with Gasteiger partial charge in [0, 0.05) is 31.0 Å². The van der Waals surface area contributed by atoms with Crippen molar-refractivity contribution in [2.24, 2.45) is 11.7 Å². The number of benzene rings is 1. The first kappa shape index (κ1) is 15.9. The van der Waals surface area contributed by atoms with Crippen LogP contribution in [0, 0.1) is 12.8 Å². The lowest BCUT2D eigenvalue weighted by molar-refractivity contribution is -0.0643. The van der Waals surface area contributed by atoms with Gasteiger partial charge in [0.1, 0.15) is 5.75 Å². The Morgan fingerprint density at radius 3 is 2.74 bits per heavy atom. The number of nitrogens with zero attached hydrogens (tertiary/aromatic N) is 2. The summed E-state index contributed by atoms with van der Waals surface area (Å²) in [5.74, 6) is -2.28. The van der Waals surface area contributed by atoms with E-state index in [-0.39, 0.29) is 31.4 Å². The molecule has 2 aromatic rings. The number of halogens is 2. The van der Waals surface area contributed by atoms with Crippen LogP contribution in [0.4, 0.5) is 8.78 Å². The molecule has 1 aromatic heterocycles. The molecule has 0 radical (unpaired) electrons. The topological polar surface area (TPSA) is 53.1 Å². The summed E-state index contributed by atoms with van der Waals surface area (Å²) in [5, 5.41) is 4.24. The van der Waals surface area contributed by atoms with E-state index < -0.39 is 5.92 Å². The minimum Gasteiger partial charge on any atom is -0.493 e. The normalized spacial score (nSPS) is 23.7. The van der Waals surface area contributed by atoms with Gasteiger partial charge in [-0.15, -0.1) is 0 Å². The van der Waals surface area contributed by atoms with Gasteiger partial charge < -0.3 is 10.5 Å². The van der Waals surface area contributed by atoms with Crippen LogP contribution in [0.3, 0.4) is 0 Å². The van der Waals surface area contributed by atoms with Crippen molar-refractivity contribution >= 4 is 0 Å². The Morgan fingerprint density at radius 2 is 2.09 bits per heavy atom. The lowest BCUT2D eigenvalue weighted by atomic mass is 9.83. The van der Waals surface area contributed by atoms with Gasteiger partial charge in [0.15, 0.2) is 0 Å². The molecule has 2 atom stereocenters. The van der Waals surface area contributed by atoms with Gasteiger partial charge in [-0.05, 0) is 43.2 Å². The third-order valence-corrected chi connectivity index (χ3v) is 4.29. The number of nitrogens with two attached hydrogens (primary N) is 1. The van der Waals surface area contributed by atoms with Crippen LogP contribution >= 0.6 is 0 Å². The molecule has 4 nitrogen and oxygen atoms in total. The van der Waals surface area contributed by atoms with Crippen LogP contribution in [0.15, 0.2) is 36.7 Å². The number of rotatable bonds is 4. The van der Waals surface area contributed by atoms with E-state index in [4.69, 9.17) is 10.5 Å². The SMILES string of the molecule is Cc1cnn(-c2ccc(OCC3CC(F)(F)CCC3N)cc2)c1. The molecule has 1 aromatic carbocycles. The number of aromatic nitrogens is 2. The van der Waals surface area contributed by atoms with Crippen molar-refractivity contribution in [3.05, 3.63) is 42.2 Å². The molecule has 23 heavy (non-hydrogen) atoms. The van der Waals surface area contributed by atoms with Gasteiger partial charge in [-0.1, -0.05) is 0 Å². The van der Waals surface area contributed by atoms with Gasteiger partial charge in [0.2, 0.25) is 5.92 Å². The molecular formula is C17H21F2N3O. The van der Waals surface area contributed by atoms with Crippen molar-refractivity contribution in [3.63, 3.8) is 0 Å². The van der Waals surface area contributed by atoms with Gasteiger partial charge in [0.05, 0.1) is 18.5 Å². The molecule has 1 fully saturated rings. The second kappa shape index (κ2) is 6.28. The zero-order valence-electron chi connectivity index (χ0n) is 13.1. The average Bonchev–Trinajstić information content (AvgIpc) is 2.95. The molecule has 6 heteroatoms. The first-order valence-electron chi connectivity index (χ1n) is 7.81. The first-order valence-corrected chi connectivity index (χ1v) is 7.81. The molecule has 1 heterocycles. The Bertz CT molecular complexity index is 654. The summed E-state index contributed by atoms with van der Waals surface area (Å²) >= 11 is 0. The lowest BCUT2D eigenvalue weighted by Gasteiger charge is -2.33. The highest BCUT2D eigenvalue weighted by molar-refractivity contribution is 5.37. The Morgan fingerprint density at radius 1 is 1.35 bits per heavy atom. The minimum absolute atomic E-state index is 0.122. The maximum absolute atomic E-state index is 13.5. The molecule has 1 saturated carbocycles. The highest BCUT2D eigenvalue weighted by Crippen LogP contribution is 2.36. The molecule has 0 amide bonds. The van der Waals surface area contributed by atoms with E-state index in [1.165, 1.54) is 0 Å². The Hall–Kier alpha value is -1.95. The van der Waals surface area contributed by atoms with Crippen molar-refractivity contribution in [2.75, 3.05) is 6.61 Å². The van der Waals surface area contributed by atoms with E-state index in [0.29, 0.717) is 12.2 Å². The van der Waals surface area contributed by atoms with Crippen LogP contribution in [0.5, 0.6) is 5.75 Å². The van der Waals surface area contributed by atoms with Crippen LogP contribution < -0.4 is 10.5 Å². The number of aryl methyl sites for hydroxylation is 1. The molecule has 1 aliphatic rings. The van der Waals surface area contributed by atoms with Crippen LogP contribution in [-0.4, -0.2) is 28.4 Å².